The smallest absolute Gasteiger partial charge is 0.296 e. The first kappa shape index (κ1) is 10.2. The van der Waals surface area contributed by atoms with Crippen molar-refractivity contribution in [1.82, 2.24) is 4.98 Å². The fourth-order valence-electron chi connectivity index (χ4n) is 1.28. The van der Waals surface area contributed by atoms with E-state index in [-0.39, 0.29) is 0 Å². The van der Waals surface area contributed by atoms with Crippen LogP contribution in [0.5, 0.6) is 0 Å². The van der Waals surface area contributed by atoms with Gasteiger partial charge in [-0.2, -0.15) is 0 Å². The first-order valence-corrected chi connectivity index (χ1v) is 4.86. The highest BCUT2D eigenvalue weighted by Crippen LogP contribution is 2.24. The number of benzene rings is 1. The van der Waals surface area contributed by atoms with Gasteiger partial charge in [-0.25, -0.2) is 0 Å². The summed E-state index contributed by atoms with van der Waals surface area (Å²) in [5.74, 6) is 0. The second-order valence-corrected chi connectivity index (χ2v) is 3.84. The van der Waals surface area contributed by atoms with E-state index in [1.54, 1.807) is 12.1 Å². The van der Waals surface area contributed by atoms with Crippen molar-refractivity contribution < 1.29 is 0 Å². The van der Waals surface area contributed by atoms with Crippen LogP contribution in [0.15, 0.2) is 33.9 Å². The largest absolute Gasteiger partial charge is 0.318 e. The van der Waals surface area contributed by atoms with E-state index in [1.165, 1.54) is 12.1 Å². The van der Waals surface area contributed by atoms with Crippen LogP contribution < -0.4 is 11.0 Å². The normalized spacial score (nSPS) is 10.5. The van der Waals surface area contributed by atoms with Crippen molar-refractivity contribution in [3.05, 3.63) is 54.9 Å². The molecule has 0 saturated heterocycles. The van der Waals surface area contributed by atoms with Gasteiger partial charge < -0.3 is 4.98 Å². The fraction of sp³-hybridized carbons (Fsp3) is 0. The number of fused-ring (bicyclic) bond motifs is 1. The van der Waals surface area contributed by atoms with Crippen molar-refractivity contribution >= 4 is 34.1 Å². The van der Waals surface area contributed by atoms with Crippen molar-refractivity contribution in [3.8, 4) is 0 Å². The van der Waals surface area contributed by atoms with Crippen LogP contribution in [-0.2, 0) is 0 Å². The molecule has 0 aliphatic carbocycles. The van der Waals surface area contributed by atoms with Gasteiger partial charge in [0.05, 0.1) is 10.5 Å². The molecule has 3 nitrogen and oxygen atoms in total. The molecule has 15 heavy (non-hydrogen) atoms. The average Bonchev–Trinajstić information content (AvgIpc) is 2.27. The maximum absolute atomic E-state index is 11.2. The fourth-order valence-corrected chi connectivity index (χ4v) is 1.83. The van der Waals surface area contributed by atoms with Crippen molar-refractivity contribution in [2.24, 2.45) is 0 Å². The summed E-state index contributed by atoms with van der Waals surface area (Å²) < 4.78 is 0. The molecule has 5 heteroatoms. The molecule has 0 amide bonds. The van der Waals surface area contributed by atoms with E-state index in [0.717, 1.165) is 0 Å². The van der Waals surface area contributed by atoms with Gasteiger partial charge in [-0.15, -0.1) is 0 Å². The Morgan fingerprint density at radius 1 is 1.07 bits per heavy atom. The summed E-state index contributed by atoms with van der Waals surface area (Å²) in [7, 11) is 0. The minimum absolute atomic E-state index is 0.392. The van der Waals surface area contributed by atoms with Crippen LogP contribution >= 0.6 is 23.2 Å². The standard InChI is InChI=1S/C10H5Cl2NO2/c11-5-3-7(12)6-1-2-9(14)10(15)13-8(6)4-5/h1-4H,(H,13,14,15). The van der Waals surface area contributed by atoms with Crippen LogP contribution in [0.2, 0.25) is 10.0 Å². The second kappa shape index (κ2) is 3.68. The Kier molecular flexibility index (Phi) is 2.50. The minimum atomic E-state index is -0.691. The SMILES string of the molecule is O=c1ccc2c(Cl)cc(Cl)cc2[nH]c1=O. The number of aromatic amines is 1. The summed E-state index contributed by atoms with van der Waals surface area (Å²) in [6.45, 7) is 0. The van der Waals surface area contributed by atoms with Gasteiger partial charge in [-0.05, 0) is 24.3 Å². The predicted octanol–water partition coefficient (Wildman–Crippen LogP) is 2.20. The van der Waals surface area contributed by atoms with Crippen LogP contribution in [0, 0.1) is 0 Å². The zero-order valence-electron chi connectivity index (χ0n) is 7.38. The van der Waals surface area contributed by atoms with Gasteiger partial charge in [-0.3, -0.25) is 9.59 Å². The van der Waals surface area contributed by atoms with Crippen molar-refractivity contribution in [2.75, 3.05) is 0 Å². The Morgan fingerprint density at radius 3 is 2.53 bits per heavy atom. The second-order valence-electron chi connectivity index (χ2n) is 3.00. The molecule has 0 spiro atoms. The number of nitrogens with one attached hydrogen (secondary N) is 1. The van der Waals surface area contributed by atoms with E-state index in [9.17, 15) is 9.59 Å². The summed E-state index contributed by atoms with van der Waals surface area (Å²) in [5.41, 5.74) is -0.860. The molecule has 0 fully saturated rings. The van der Waals surface area contributed by atoms with Gasteiger partial charge in [0.1, 0.15) is 0 Å². The van der Waals surface area contributed by atoms with Gasteiger partial charge in [-0.1, -0.05) is 23.2 Å². The van der Waals surface area contributed by atoms with E-state index < -0.39 is 11.0 Å². The lowest BCUT2D eigenvalue weighted by Gasteiger charge is -1.96. The Hall–Kier alpha value is -1.32. The molecule has 0 aliphatic rings. The molecule has 0 atom stereocenters. The summed E-state index contributed by atoms with van der Waals surface area (Å²) >= 11 is 11.7. The molecule has 1 N–H and O–H groups in total. The number of hydrogen-bond acceptors (Lipinski definition) is 2. The molecule has 2 aromatic rings. The van der Waals surface area contributed by atoms with E-state index >= 15 is 0 Å². The van der Waals surface area contributed by atoms with Crippen LogP contribution in [0.25, 0.3) is 10.9 Å². The summed E-state index contributed by atoms with van der Waals surface area (Å²) in [5, 5.41) is 1.38. The van der Waals surface area contributed by atoms with Gasteiger partial charge in [0.15, 0.2) is 0 Å². The van der Waals surface area contributed by atoms with E-state index in [0.29, 0.717) is 20.9 Å². The van der Waals surface area contributed by atoms with Crippen molar-refractivity contribution in [3.63, 3.8) is 0 Å². The molecule has 0 aliphatic heterocycles. The number of H-pyrrole nitrogens is 1. The lowest BCUT2D eigenvalue weighted by Crippen LogP contribution is -2.22. The minimum Gasteiger partial charge on any atom is -0.318 e. The average molecular weight is 242 g/mol. The first-order valence-electron chi connectivity index (χ1n) is 4.10. The Bertz CT molecular complexity index is 649. The molecule has 76 valence electrons. The van der Waals surface area contributed by atoms with E-state index in [2.05, 4.69) is 4.98 Å². The lowest BCUT2D eigenvalue weighted by atomic mass is 10.2. The highest BCUT2D eigenvalue weighted by Gasteiger charge is 2.01. The number of halogens is 2. The Balaban J connectivity index is 3.07. The zero-order valence-corrected chi connectivity index (χ0v) is 8.89. The number of rotatable bonds is 0. The van der Waals surface area contributed by atoms with Gasteiger partial charge in [0.25, 0.3) is 5.56 Å². The maximum Gasteiger partial charge on any atom is 0.296 e. The van der Waals surface area contributed by atoms with Crippen LogP contribution in [0.3, 0.4) is 0 Å². The molecule has 1 heterocycles. The van der Waals surface area contributed by atoms with Gasteiger partial charge >= 0.3 is 0 Å². The number of hydrogen-bond donors (Lipinski definition) is 1. The molecule has 0 unspecified atom stereocenters. The van der Waals surface area contributed by atoms with Crippen molar-refractivity contribution in [2.45, 2.75) is 0 Å². The zero-order chi connectivity index (χ0) is 11.0. The third kappa shape index (κ3) is 1.89. The molecular weight excluding hydrogens is 237 g/mol. The maximum atomic E-state index is 11.2. The Labute approximate surface area is 94.3 Å². The molecule has 0 saturated carbocycles. The molecule has 2 rings (SSSR count). The third-order valence-corrected chi connectivity index (χ3v) is 2.50. The third-order valence-electron chi connectivity index (χ3n) is 1.97. The predicted molar refractivity (Wildman–Crippen MR) is 60.9 cm³/mol. The molecule has 0 bridgehead atoms. The van der Waals surface area contributed by atoms with Crippen LogP contribution in [0.1, 0.15) is 0 Å². The molecule has 0 radical (unpaired) electrons. The van der Waals surface area contributed by atoms with E-state index in [4.69, 9.17) is 23.2 Å². The Morgan fingerprint density at radius 2 is 1.80 bits per heavy atom. The summed E-state index contributed by atoms with van der Waals surface area (Å²) in [6, 6.07) is 5.77. The number of aromatic nitrogens is 1. The first-order chi connectivity index (χ1) is 7.08. The topological polar surface area (TPSA) is 49.9 Å². The van der Waals surface area contributed by atoms with Gasteiger partial charge in [0, 0.05) is 10.4 Å². The van der Waals surface area contributed by atoms with Crippen molar-refractivity contribution in [1.29, 1.82) is 0 Å². The summed E-state index contributed by atoms with van der Waals surface area (Å²) in [6.07, 6.45) is 0. The van der Waals surface area contributed by atoms with Gasteiger partial charge in [0.2, 0.25) is 5.43 Å². The molecular formula is C10H5Cl2NO2. The molecule has 1 aromatic carbocycles. The summed E-state index contributed by atoms with van der Waals surface area (Å²) in [4.78, 5) is 24.7. The highest BCUT2D eigenvalue weighted by molar-refractivity contribution is 6.38. The molecule has 1 aromatic heterocycles. The van der Waals surface area contributed by atoms with Crippen LogP contribution in [-0.4, -0.2) is 4.98 Å². The van der Waals surface area contributed by atoms with E-state index in [1.807, 2.05) is 0 Å². The lowest BCUT2D eigenvalue weighted by molar-refractivity contribution is 1.29. The quantitative estimate of drug-likeness (QED) is 0.720. The van der Waals surface area contributed by atoms with Crippen LogP contribution in [0.4, 0.5) is 0 Å². The highest BCUT2D eigenvalue weighted by atomic mass is 35.5. The monoisotopic (exact) mass is 241 g/mol.